The SMILES string of the molecule is CC(=O)NC(C(O)CC(O)C(=O)O)C(O)C(O)C(C)CO.CCC(O)C(O)C(O)C(NC(C)=O)C(O)CC(O)C(=O)O. The van der Waals surface area contributed by atoms with Crippen LogP contribution in [0.25, 0.3) is 0 Å². The van der Waals surface area contributed by atoms with E-state index in [-0.39, 0.29) is 6.42 Å². The molecular formula is C24H46N2O16. The van der Waals surface area contributed by atoms with Crippen LogP contribution in [0.5, 0.6) is 0 Å². The van der Waals surface area contributed by atoms with Gasteiger partial charge in [-0.15, -0.1) is 0 Å². The maximum Gasteiger partial charge on any atom is 0.332 e. The van der Waals surface area contributed by atoms with Crippen molar-refractivity contribution in [3.8, 4) is 0 Å². The smallest absolute Gasteiger partial charge is 0.332 e. The number of rotatable bonds is 18. The van der Waals surface area contributed by atoms with E-state index in [2.05, 4.69) is 10.6 Å². The molecular weight excluding hydrogens is 572 g/mol. The normalized spacial score (nSPS) is 20.0. The van der Waals surface area contributed by atoms with E-state index >= 15 is 0 Å². The molecule has 0 rings (SSSR count). The fourth-order valence-electron chi connectivity index (χ4n) is 3.58. The number of hydrogen-bond donors (Lipinski definition) is 14. The minimum absolute atomic E-state index is 0.124. The maximum absolute atomic E-state index is 11.1. The summed E-state index contributed by atoms with van der Waals surface area (Å²) in [6, 6.07) is -2.83. The van der Waals surface area contributed by atoms with E-state index in [0.717, 1.165) is 13.8 Å². The molecule has 0 aliphatic rings. The van der Waals surface area contributed by atoms with Crippen LogP contribution in [-0.4, -0.2) is 159 Å². The van der Waals surface area contributed by atoms with Crippen LogP contribution >= 0.6 is 0 Å². The summed E-state index contributed by atoms with van der Waals surface area (Å²) in [5.74, 6) is -5.12. The highest BCUT2D eigenvalue weighted by Crippen LogP contribution is 2.16. The van der Waals surface area contributed by atoms with E-state index in [4.69, 9.17) is 15.3 Å². The molecule has 14 N–H and O–H groups in total. The van der Waals surface area contributed by atoms with Gasteiger partial charge in [-0.2, -0.15) is 0 Å². The largest absolute Gasteiger partial charge is 0.479 e. The second kappa shape index (κ2) is 20.4. The highest BCUT2D eigenvalue weighted by atomic mass is 16.4. The first-order valence-corrected chi connectivity index (χ1v) is 13.0. The lowest BCUT2D eigenvalue weighted by molar-refractivity contribution is -0.150. The van der Waals surface area contributed by atoms with Gasteiger partial charge in [0.05, 0.1) is 36.5 Å². The Morgan fingerprint density at radius 1 is 0.595 bits per heavy atom. The standard InChI is InChI=1S/2C12H23NO8/c1-5(4-14)10(18)11(19)9(13-6(2)15)7(16)3-8(17)12(20)21;1-3-6(15)10(18)11(19)9(13-5(2)14)7(16)4-8(17)12(20)21/h5,7-11,14,16-19H,3-4H2,1-2H3,(H,13,15)(H,20,21);6-11,15-19H,3-4H2,1-2H3,(H,13,14)(H,20,21). The van der Waals surface area contributed by atoms with Crippen LogP contribution in [0.4, 0.5) is 0 Å². The summed E-state index contributed by atoms with van der Waals surface area (Å²) < 4.78 is 0. The number of aliphatic carboxylic acids is 2. The summed E-state index contributed by atoms with van der Waals surface area (Å²) in [4.78, 5) is 43.3. The topological polar surface area (TPSA) is 335 Å². The summed E-state index contributed by atoms with van der Waals surface area (Å²) >= 11 is 0. The van der Waals surface area contributed by atoms with Gasteiger partial charge in [0.2, 0.25) is 11.8 Å². The highest BCUT2D eigenvalue weighted by molar-refractivity contribution is 5.74. The van der Waals surface area contributed by atoms with Crippen LogP contribution in [-0.2, 0) is 19.2 Å². The summed E-state index contributed by atoms with van der Waals surface area (Å²) in [5.41, 5.74) is 0. The molecule has 18 heteroatoms. The van der Waals surface area contributed by atoms with Crippen molar-refractivity contribution >= 4 is 23.8 Å². The van der Waals surface area contributed by atoms with Crippen LogP contribution in [0.2, 0.25) is 0 Å². The molecule has 0 saturated carbocycles. The van der Waals surface area contributed by atoms with Gasteiger partial charge in [-0.1, -0.05) is 13.8 Å². The molecule has 0 fully saturated rings. The molecule has 0 spiro atoms. The molecule has 2 amide bonds. The third-order valence-electron chi connectivity index (χ3n) is 6.19. The number of amides is 2. The van der Waals surface area contributed by atoms with Gasteiger partial charge in [0.1, 0.15) is 18.3 Å². The van der Waals surface area contributed by atoms with E-state index in [9.17, 15) is 65.1 Å². The number of carboxylic acids is 2. The van der Waals surface area contributed by atoms with Gasteiger partial charge >= 0.3 is 11.9 Å². The molecule has 12 atom stereocenters. The third-order valence-corrected chi connectivity index (χ3v) is 6.19. The van der Waals surface area contributed by atoms with Crippen molar-refractivity contribution in [2.45, 2.75) is 114 Å². The molecule has 18 nitrogen and oxygen atoms in total. The predicted molar refractivity (Wildman–Crippen MR) is 140 cm³/mol. The van der Waals surface area contributed by atoms with Gasteiger partial charge in [-0.3, -0.25) is 9.59 Å². The molecule has 0 heterocycles. The molecule has 0 radical (unpaired) electrons. The summed E-state index contributed by atoms with van der Waals surface area (Å²) in [5, 5.41) is 118. The number of aliphatic hydroxyl groups is 10. The molecule has 0 saturated heterocycles. The Morgan fingerprint density at radius 2 is 0.929 bits per heavy atom. The van der Waals surface area contributed by atoms with Crippen LogP contribution in [0.3, 0.4) is 0 Å². The Kier molecular flexibility index (Phi) is 20.2. The summed E-state index contributed by atoms with van der Waals surface area (Å²) in [6.07, 6.45) is -16.0. The monoisotopic (exact) mass is 618 g/mol. The molecule has 0 aromatic rings. The fourth-order valence-corrected chi connectivity index (χ4v) is 3.58. The molecule has 0 aromatic carbocycles. The molecule has 0 bridgehead atoms. The number of aliphatic hydroxyl groups excluding tert-OH is 10. The minimum Gasteiger partial charge on any atom is -0.479 e. The van der Waals surface area contributed by atoms with Crippen molar-refractivity contribution in [3.05, 3.63) is 0 Å². The lowest BCUT2D eigenvalue weighted by Gasteiger charge is -2.33. The molecule has 12 unspecified atom stereocenters. The van der Waals surface area contributed by atoms with Crippen molar-refractivity contribution in [1.29, 1.82) is 0 Å². The van der Waals surface area contributed by atoms with Crippen molar-refractivity contribution in [1.82, 2.24) is 10.6 Å². The molecule has 0 aromatic heterocycles. The Labute approximate surface area is 241 Å². The molecule has 42 heavy (non-hydrogen) atoms. The second-order valence-electron chi connectivity index (χ2n) is 9.86. The quantitative estimate of drug-likeness (QED) is 0.0680. The first-order chi connectivity index (χ1) is 19.2. The average molecular weight is 619 g/mol. The Morgan fingerprint density at radius 3 is 1.19 bits per heavy atom. The van der Waals surface area contributed by atoms with E-state index in [0.29, 0.717) is 0 Å². The number of hydrogen-bond acceptors (Lipinski definition) is 14. The van der Waals surface area contributed by atoms with Gasteiger partial charge in [-0.05, 0) is 6.42 Å². The van der Waals surface area contributed by atoms with Gasteiger partial charge in [-0.25, -0.2) is 9.59 Å². The van der Waals surface area contributed by atoms with E-state index in [1.54, 1.807) is 6.92 Å². The van der Waals surface area contributed by atoms with Crippen molar-refractivity contribution in [2.75, 3.05) is 6.61 Å². The van der Waals surface area contributed by atoms with Gasteiger partial charge in [0, 0.05) is 39.2 Å². The van der Waals surface area contributed by atoms with E-state index < -0.39 is 116 Å². The van der Waals surface area contributed by atoms with Gasteiger partial charge < -0.3 is 71.9 Å². The highest BCUT2D eigenvalue weighted by Gasteiger charge is 2.38. The summed E-state index contributed by atoms with van der Waals surface area (Å²) in [7, 11) is 0. The van der Waals surface area contributed by atoms with Crippen LogP contribution < -0.4 is 10.6 Å². The number of nitrogens with one attached hydrogen (secondary N) is 2. The fraction of sp³-hybridized carbons (Fsp3) is 0.833. The average Bonchev–Trinajstić information content (AvgIpc) is 2.91. The Bertz CT molecular complexity index is 766. The molecule has 0 aliphatic heterocycles. The zero-order chi connectivity index (χ0) is 33.5. The maximum atomic E-state index is 11.1. The van der Waals surface area contributed by atoms with Gasteiger partial charge in [0.15, 0.2) is 12.2 Å². The van der Waals surface area contributed by atoms with Crippen molar-refractivity contribution in [3.63, 3.8) is 0 Å². The molecule has 248 valence electrons. The van der Waals surface area contributed by atoms with Gasteiger partial charge in [0.25, 0.3) is 0 Å². The molecule has 0 aliphatic carbocycles. The predicted octanol–water partition coefficient (Wildman–Crippen LogP) is -5.78. The number of carbonyl (C=O) groups is 4. The van der Waals surface area contributed by atoms with Crippen LogP contribution in [0.15, 0.2) is 0 Å². The number of carbonyl (C=O) groups excluding carboxylic acids is 2. The van der Waals surface area contributed by atoms with Crippen molar-refractivity contribution in [2.24, 2.45) is 5.92 Å². The van der Waals surface area contributed by atoms with Crippen LogP contribution in [0.1, 0.15) is 47.0 Å². The zero-order valence-electron chi connectivity index (χ0n) is 23.8. The minimum atomic E-state index is -1.89. The first kappa shape index (κ1) is 41.6. The van der Waals surface area contributed by atoms with E-state index in [1.807, 2.05) is 0 Å². The van der Waals surface area contributed by atoms with E-state index in [1.165, 1.54) is 6.92 Å². The Balaban J connectivity index is 0. The number of carboxylic acid groups (broad SMARTS) is 2. The second-order valence-corrected chi connectivity index (χ2v) is 9.86. The zero-order valence-corrected chi connectivity index (χ0v) is 23.8. The lowest BCUT2D eigenvalue weighted by atomic mass is 9.90. The van der Waals surface area contributed by atoms with Crippen LogP contribution in [0, 0.1) is 5.92 Å². The third kappa shape index (κ3) is 15.1. The van der Waals surface area contributed by atoms with Crippen molar-refractivity contribution < 1.29 is 80.5 Å². The lowest BCUT2D eigenvalue weighted by Crippen LogP contribution is -2.57. The Hall–Kier alpha value is -2.52. The first-order valence-electron chi connectivity index (χ1n) is 13.0. The summed E-state index contributed by atoms with van der Waals surface area (Å²) in [6.45, 7) is 4.78.